The highest BCUT2D eigenvalue weighted by molar-refractivity contribution is 6.09. The third-order valence-electron chi connectivity index (χ3n) is 4.17. The van der Waals surface area contributed by atoms with Gasteiger partial charge in [0.2, 0.25) is 0 Å². The van der Waals surface area contributed by atoms with Crippen LogP contribution in [-0.4, -0.2) is 4.57 Å². The van der Waals surface area contributed by atoms with Gasteiger partial charge in [0.25, 0.3) is 0 Å². The zero-order valence-electron chi connectivity index (χ0n) is 15.0. The highest BCUT2D eigenvalue weighted by Gasteiger charge is 2.06. The summed E-state index contributed by atoms with van der Waals surface area (Å²) >= 11 is 0. The predicted molar refractivity (Wildman–Crippen MR) is 116 cm³/mol. The monoisotopic (exact) mass is 348 g/mol. The molecule has 0 N–H and O–H groups in total. The number of hydrogen-bond donors (Lipinski definition) is 0. The molecule has 2 nitrogen and oxygen atoms in total. The molecule has 0 saturated heterocycles. The summed E-state index contributed by atoms with van der Waals surface area (Å²) in [5, 5.41) is 10.8. The molecule has 0 saturated carbocycles. The van der Waals surface area contributed by atoms with Crippen molar-refractivity contribution in [1.29, 1.82) is 5.26 Å². The van der Waals surface area contributed by atoms with E-state index in [4.69, 9.17) is 5.26 Å². The maximum absolute atomic E-state index is 8.19. The molecular formula is C25H20N2. The lowest BCUT2D eigenvalue weighted by molar-refractivity contribution is 1.30. The minimum absolute atomic E-state index is 1.14. The van der Waals surface area contributed by atoms with Crippen molar-refractivity contribution in [2.24, 2.45) is 0 Å². The van der Waals surface area contributed by atoms with Gasteiger partial charge in [-0.25, -0.2) is 0 Å². The van der Waals surface area contributed by atoms with Crippen LogP contribution in [0.2, 0.25) is 0 Å². The highest BCUT2D eigenvalue weighted by atomic mass is 14.9. The Labute approximate surface area is 159 Å². The van der Waals surface area contributed by atoms with Gasteiger partial charge < -0.3 is 4.57 Å². The van der Waals surface area contributed by atoms with Gasteiger partial charge in [0.05, 0.1) is 17.1 Å². The van der Waals surface area contributed by atoms with Crippen molar-refractivity contribution in [2.45, 2.75) is 0 Å². The van der Waals surface area contributed by atoms with Crippen molar-refractivity contribution in [1.82, 2.24) is 4.57 Å². The third-order valence-corrected chi connectivity index (χ3v) is 4.17. The van der Waals surface area contributed by atoms with Crippen LogP contribution < -0.4 is 0 Å². The van der Waals surface area contributed by atoms with Crippen LogP contribution >= 0.6 is 0 Å². The average molecular weight is 348 g/mol. The van der Waals surface area contributed by atoms with E-state index in [-0.39, 0.29) is 0 Å². The summed E-state index contributed by atoms with van der Waals surface area (Å²) in [5.41, 5.74) is 3.57. The van der Waals surface area contributed by atoms with Gasteiger partial charge in [0.1, 0.15) is 0 Å². The Morgan fingerprint density at radius 3 is 1.85 bits per heavy atom. The lowest BCUT2D eigenvalue weighted by atomic mass is 10.2. The maximum atomic E-state index is 8.19. The molecule has 0 fully saturated rings. The molecule has 130 valence electrons. The molecule has 0 radical (unpaired) electrons. The molecule has 27 heavy (non-hydrogen) atoms. The quantitative estimate of drug-likeness (QED) is 0.300. The van der Waals surface area contributed by atoms with Gasteiger partial charge in [-0.05, 0) is 17.7 Å². The molecule has 0 bridgehead atoms. The van der Waals surface area contributed by atoms with Crippen LogP contribution in [0.25, 0.3) is 34.1 Å². The van der Waals surface area contributed by atoms with Crippen LogP contribution in [0, 0.1) is 11.3 Å². The number of fused-ring (bicyclic) bond motifs is 3. The van der Waals surface area contributed by atoms with Crippen LogP contribution in [0.3, 0.4) is 0 Å². The Hall–Kier alpha value is -3.83. The second kappa shape index (κ2) is 9.03. The first-order valence-corrected chi connectivity index (χ1v) is 8.73. The standard InChI is InChI=1S/C14H11N.C11H9N/c1-2-15-13-9-5-3-7-11(13)12-8-4-6-10-14(12)15;12-10-6-2-5-9-11-7-3-1-4-8-11/h2-10H,1H2;1-9H. The first-order valence-electron chi connectivity index (χ1n) is 8.73. The van der Waals surface area contributed by atoms with Gasteiger partial charge in [-0.3, -0.25) is 0 Å². The summed E-state index contributed by atoms with van der Waals surface area (Å²) in [6.07, 6.45) is 8.82. The molecule has 4 aromatic rings. The summed E-state index contributed by atoms with van der Waals surface area (Å²) in [7, 11) is 0. The molecule has 0 aliphatic rings. The molecule has 0 amide bonds. The van der Waals surface area contributed by atoms with Gasteiger partial charge in [0, 0.05) is 23.0 Å². The molecule has 1 aromatic heterocycles. The molecular weight excluding hydrogens is 328 g/mol. The lowest BCUT2D eigenvalue weighted by Gasteiger charge is -1.97. The number of aromatic nitrogens is 1. The Balaban J connectivity index is 0.000000161. The Kier molecular flexibility index (Phi) is 6.01. The number of nitriles is 1. The zero-order chi connectivity index (χ0) is 18.9. The van der Waals surface area contributed by atoms with Gasteiger partial charge in [-0.2, -0.15) is 5.26 Å². The summed E-state index contributed by atoms with van der Waals surface area (Å²) in [4.78, 5) is 0. The topological polar surface area (TPSA) is 28.7 Å². The van der Waals surface area contributed by atoms with E-state index >= 15 is 0 Å². The lowest BCUT2D eigenvalue weighted by Crippen LogP contribution is -1.82. The SMILES string of the molecule is C=Cn1c2ccccc2c2ccccc21.N#CC=CC=Cc1ccccc1. The molecule has 0 spiro atoms. The molecule has 0 atom stereocenters. The Morgan fingerprint density at radius 1 is 0.741 bits per heavy atom. The maximum Gasteiger partial charge on any atom is 0.0912 e. The van der Waals surface area contributed by atoms with Crippen LogP contribution in [0.5, 0.6) is 0 Å². The van der Waals surface area contributed by atoms with Gasteiger partial charge in [-0.1, -0.05) is 91.5 Å². The normalized spacial score (nSPS) is 10.8. The van der Waals surface area contributed by atoms with Crippen molar-refractivity contribution < 1.29 is 0 Å². The molecule has 1 heterocycles. The van der Waals surface area contributed by atoms with Crippen molar-refractivity contribution in [2.75, 3.05) is 0 Å². The van der Waals surface area contributed by atoms with Crippen LogP contribution in [0.4, 0.5) is 0 Å². The fourth-order valence-corrected chi connectivity index (χ4v) is 2.98. The number of allylic oxidation sites excluding steroid dienone is 3. The van der Waals surface area contributed by atoms with Crippen molar-refractivity contribution >= 4 is 34.1 Å². The molecule has 0 unspecified atom stereocenters. The predicted octanol–water partition coefficient (Wildman–Crippen LogP) is 6.67. The van der Waals surface area contributed by atoms with E-state index in [0.29, 0.717) is 0 Å². The number of hydrogen-bond acceptors (Lipinski definition) is 1. The molecule has 0 aliphatic carbocycles. The summed E-state index contributed by atoms with van der Waals surface area (Å²) in [5.74, 6) is 0. The minimum Gasteiger partial charge on any atom is -0.317 e. The first-order chi connectivity index (χ1) is 13.3. The second-order valence-electron chi connectivity index (χ2n) is 5.84. The van der Waals surface area contributed by atoms with E-state index in [9.17, 15) is 0 Å². The third kappa shape index (κ3) is 4.23. The van der Waals surface area contributed by atoms with Crippen LogP contribution in [0.1, 0.15) is 5.56 Å². The van der Waals surface area contributed by atoms with Crippen LogP contribution in [0.15, 0.2) is 104 Å². The van der Waals surface area contributed by atoms with E-state index in [1.807, 2.05) is 54.8 Å². The van der Waals surface area contributed by atoms with E-state index in [1.165, 1.54) is 27.9 Å². The highest BCUT2D eigenvalue weighted by Crippen LogP contribution is 2.28. The van der Waals surface area contributed by atoms with Crippen molar-refractivity contribution in [3.8, 4) is 6.07 Å². The second-order valence-corrected chi connectivity index (χ2v) is 5.84. The average Bonchev–Trinajstić information content (AvgIpc) is 3.06. The Morgan fingerprint density at radius 2 is 1.30 bits per heavy atom. The van der Waals surface area contributed by atoms with Gasteiger partial charge >= 0.3 is 0 Å². The number of nitrogens with zero attached hydrogens (tertiary/aromatic N) is 2. The first kappa shape index (κ1) is 18.0. The van der Waals surface area contributed by atoms with E-state index in [2.05, 4.69) is 59.7 Å². The molecule has 4 rings (SSSR count). The van der Waals surface area contributed by atoms with E-state index < -0.39 is 0 Å². The number of para-hydroxylation sites is 2. The summed E-state index contributed by atoms with van der Waals surface area (Å²) in [6, 6.07) is 28.7. The van der Waals surface area contributed by atoms with E-state index in [1.54, 1.807) is 6.08 Å². The van der Waals surface area contributed by atoms with E-state index in [0.717, 1.165) is 5.56 Å². The smallest absolute Gasteiger partial charge is 0.0912 e. The van der Waals surface area contributed by atoms with Crippen LogP contribution in [-0.2, 0) is 0 Å². The van der Waals surface area contributed by atoms with Gasteiger partial charge in [-0.15, -0.1) is 0 Å². The molecule has 3 aromatic carbocycles. The van der Waals surface area contributed by atoms with Gasteiger partial charge in [0.15, 0.2) is 0 Å². The zero-order valence-corrected chi connectivity index (χ0v) is 15.0. The fourth-order valence-electron chi connectivity index (χ4n) is 2.98. The Bertz CT molecular complexity index is 1090. The summed E-state index contributed by atoms with van der Waals surface area (Å²) in [6.45, 7) is 3.87. The summed E-state index contributed by atoms with van der Waals surface area (Å²) < 4.78 is 2.13. The largest absolute Gasteiger partial charge is 0.317 e. The molecule has 2 heteroatoms. The fraction of sp³-hybridized carbons (Fsp3) is 0. The minimum atomic E-state index is 1.14. The van der Waals surface area contributed by atoms with Crippen molar-refractivity contribution in [3.63, 3.8) is 0 Å². The number of benzene rings is 3. The molecule has 0 aliphatic heterocycles. The number of rotatable bonds is 3. The van der Waals surface area contributed by atoms with Crippen molar-refractivity contribution in [3.05, 3.63) is 109 Å².